The van der Waals surface area contributed by atoms with Gasteiger partial charge < -0.3 is 10.6 Å². The number of likely N-dealkylation sites (N-methyl/N-ethyl adjacent to an activating group) is 1. The molecule has 1 aromatic heterocycles. The van der Waals surface area contributed by atoms with Crippen molar-refractivity contribution in [1.29, 1.82) is 0 Å². The maximum atomic E-state index is 13.6. The molecule has 0 bridgehead atoms. The lowest BCUT2D eigenvalue weighted by molar-refractivity contribution is 0.0946. The number of nitrogens with one attached hydrogen (secondary N) is 2. The normalized spacial score (nSPS) is 12.2. The standard InChI is InChI=1S/C14H16FN3OS/c1-9(16-2)7-17-13(19)12-8-20-14(18-12)10-5-3-4-6-11(10)15/h3-6,8-9,16H,7H2,1-2H3,(H,17,19). The van der Waals surface area contributed by atoms with Gasteiger partial charge in [0, 0.05) is 23.5 Å². The third kappa shape index (κ3) is 3.40. The van der Waals surface area contributed by atoms with E-state index in [1.54, 1.807) is 23.6 Å². The van der Waals surface area contributed by atoms with Gasteiger partial charge in [0.05, 0.1) is 0 Å². The Labute approximate surface area is 121 Å². The molecule has 0 saturated heterocycles. The summed E-state index contributed by atoms with van der Waals surface area (Å²) in [5.74, 6) is -0.580. The van der Waals surface area contributed by atoms with E-state index >= 15 is 0 Å². The first-order valence-electron chi connectivity index (χ1n) is 6.27. The van der Waals surface area contributed by atoms with Crippen molar-refractivity contribution in [2.45, 2.75) is 13.0 Å². The van der Waals surface area contributed by atoms with Gasteiger partial charge in [-0.25, -0.2) is 9.37 Å². The molecule has 0 fully saturated rings. The molecule has 4 nitrogen and oxygen atoms in total. The zero-order chi connectivity index (χ0) is 14.5. The molecular weight excluding hydrogens is 277 g/mol. The van der Waals surface area contributed by atoms with Crippen molar-refractivity contribution < 1.29 is 9.18 Å². The number of nitrogens with zero attached hydrogens (tertiary/aromatic N) is 1. The van der Waals surface area contributed by atoms with Crippen LogP contribution < -0.4 is 10.6 Å². The summed E-state index contributed by atoms with van der Waals surface area (Å²) < 4.78 is 13.6. The highest BCUT2D eigenvalue weighted by atomic mass is 32.1. The van der Waals surface area contributed by atoms with Gasteiger partial charge in [-0.15, -0.1) is 11.3 Å². The smallest absolute Gasteiger partial charge is 0.270 e. The Morgan fingerprint density at radius 1 is 1.45 bits per heavy atom. The highest BCUT2D eigenvalue weighted by molar-refractivity contribution is 7.13. The van der Waals surface area contributed by atoms with Gasteiger partial charge in [-0.3, -0.25) is 4.79 Å². The van der Waals surface area contributed by atoms with Crippen LogP contribution in [0.4, 0.5) is 4.39 Å². The Kier molecular flexibility index (Phi) is 4.81. The molecule has 2 rings (SSSR count). The molecule has 1 aromatic carbocycles. The van der Waals surface area contributed by atoms with Gasteiger partial charge in [-0.1, -0.05) is 12.1 Å². The molecule has 0 aliphatic carbocycles. The minimum atomic E-state index is -0.336. The summed E-state index contributed by atoms with van der Waals surface area (Å²) in [7, 11) is 1.83. The maximum Gasteiger partial charge on any atom is 0.270 e. The number of hydrogen-bond donors (Lipinski definition) is 2. The van der Waals surface area contributed by atoms with Gasteiger partial charge in [0.15, 0.2) is 0 Å². The summed E-state index contributed by atoms with van der Waals surface area (Å²) in [6.07, 6.45) is 0. The second-order valence-corrected chi connectivity index (χ2v) is 5.28. The summed E-state index contributed by atoms with van der Waals surface area (Å²) in [5.41, 5.74) is 0.733. The SMILES string of the molecule is CNC(C)CNC(=O)c1csc(-c2ccccc2F)n1. The Bertz CT molecular complexity index is 600. The molecule has 20 heavy (non-hydrogen) atoms. The lowest BCUT2D eigenvalue weighted by atomic mass is 10.2. The topological polar surface area (TPSA) is 54.0 Å². The minimum absolute atomic E-state index is 0.184. The zero-order valence-corrected chi connectivity index (χ0v) is 12.1. The van der Waals surface area contributed by atoms with Crippen LogP contribution in [0, 0.1) is 5.82 Å². The van der Waals surface area contributed by atoms with E-state index in [-0.39, 0.29) is 17.8 Å². The van der Waals surface area contributed by atoms with Crippen LogP contribution >= 0.6 is 11.3 Å². The fraction of sp³-hybridized carbons (Fsp3) is 0.286. The second-order valence-electron chi connectivity index (χ2n) is 4.42. The quantitative estimate of drug-likeness (QED) is 0.889. The molecular formula is C14H16FN3OS. The van der Waals surface area contributed by atoms with E-state index in [2.05, 4.69) is 15.6 Å². The average Bonchev–Trinajstić information content (AvgIpc) is 2.94. The highest BCUT2D eigenvalue weighted by Crippen LogP contribution is 2.25. The fourth-order valence-electron chi connectivity index (χ4n) is 1.57. The molecule has 1 heterocycles. The van der Waals surface area contributed by atoms with Gasteiger partial charge in [0.1, 0.15) is 16.5 Å². The number of benzene rings is 1. The molecule has 2 N–H and O–H groups in total. The molecule has 0 aliphatic rings. The van der Waals surface area contributed by atoms with Gasteiger partial charge in [0.2, 0.25) is 0 Å². The number of carbonyl (C=O) groups is 1. The van der Waals surface area contributed by atoms with Crippen LogP contribution in [0.1, 0.15) is 17.4 Å². The minimum Gasteiger partial charge on any atom is -0.349 e. The van der Waals surface area contributed by atoms with Crippen molar-refractivity contribution in [2.75, 3.05) is 13.6 Å². The second kappa shape index (κ2) is 6.58. The summed E-state index contributed by atoms with van der Waals surface area (Å²) >= 11 is 1.26. The van der Waals surface area contributed by atoms with Gasteiger partial charge >= 0.3 is 0 Å². The predicted molar refractivity (Wildman–Crippen MR) is 78.4 cm³/mol. The van der Waals surface area contributed by atoms with Crippen LogP contribution in [-0.4, -0.2) is 30.5 Å². The number of carbonyl (C=O) groups excluding carboxylic acids is 1. The summed E-state index contributed by atoms with van der Waals surface area (Å²) in [5, 5.41) is 7.96. The van der Waals surface area contributed by atoms with E-state index < -0.39 is 0 Å². The Balaban J connectivity index is 2.09. The van der Waals surface area contributed by atoms with E-state index in [1.807, 2.05) is 14.0 Å². The fourth-order valence-corrected chi connectivity index (χ4v) is 2.40. The van der Waals surface area contributed by atoms with E-state index in [9.17, 15) is 9.18 Å². The number of aromatic nitrogens is 1. The van der Waals surface area contributed by atoms with Crippen molar-refractivity contribution in [2.24, 2.45) is 0 Å². The van der Waals surface area contributed by atoms with Crippen molar-refractivity contribution in [3.8, 4) is 10.6 Å². The van der Waals surface area contributed by atoms with Crippen LogP contribution in [0.5, 0.6) is 0 Å². The molecule has 2 aromatic rings. The molecule has 106 valence electrons. The number of hydrogen-bond acceptors (Lipinski definition) is 4. The average molecular weight is 293 g/mol. The maximum absolute atomic E-state index is 13.6. The number of halogens is 1. The zero-order valence-electron chi connectivity index (χ0n) is 11.3. The molecule has 6 heteroatoms. The first-order valence-corrected chi connectivity index (χ1v) is 7.15. The largest absolute Gasteiger partial charge is 0.349 e. The van der Waals surface area contributed by atoms with Crippen LogP contribution in [0.2, 0.25) is 0 Å². The highest BCUT2D eigenvalue weighted by Gasteiger charge is 2.14. The van der Waals surface area contributed by atoms with E-state index in [0.29, 0.717) is 22.8 Å². The molecule has 0 saturated carbocycles. The molecule has 0 aliphatic heterocycles. The molecule has 0 radical (unpaired) electrons. The number of amides is 1. The third-order valence-corrected chi connectivity index (χ3v) is 3.78. The van der Waals surface area contributed by atoms with Crippen LogP contribution in [0.3, 0.4) is 0 Å². The summed E-state index contributed by atoms with van der Waals surface area (Å²) in [6, 6.07) is 6.58. The van der Waals surface area contributed by atoms with E-state index in [4.69, 9.17) is 0 Å². The van der Waals surface area contributed by atoms with Crippen LogP contribution in [0.15, 0.2) is 29.6 Å². The van der Waals surface area contributed by atoms with Crippen LogP contribution in [0.25, 0.3) is 10.6 Å². The van der Waals surface area contributed by atoms with Crippen molar-refractivity contribution in [1.82, 2.24) is 15.6 Å². The lowest BCUT2D eigenvalue weighted by Crippen LogP contribution is -2.37. The van der Waals surface area contributed by atoms with Gasteiger partial charge in [-0.2, -0.15) is 0 Å². The number of rotatable bonds is 5. The number of thiazole rings is 1. The lowest BCUT2D eigenvalue weighted by Gasteiger charge is -2.10. The van der Waals surface area contributed by atoms with E-state index in [0.717, 1.165) is 0 Å². The predicted octanol–water partition coefficient (Wildman–Crippen LogP) is 2.29. The first-order chi connectivity index (χ1) is 9.61. The Morgan fingerprint density at radius 3 is 2.90 bits per heavy atom. The molecule has 1 unspecified atom stereocenters. The Morgan fingerprint density at radius 2 is 2.20 bits per heavy atom. The molecule has 0 spiro atoms. The molecule has 1 amide bonds. The van der Waals surface area contributed by atoms with Crippen molar-refractivity contribution >= 4 is 17.2 Å². The van der Waals surface area contributed by atoms with E-state index in [1.165, 1.54) is 17.4 Å². The summed E-state index contributed by atoms with van der Waals surface area (Å²) in [6.45, 7) is 2.48. The Hall–Kier alpha value is -1.79. The molecule has 1 atom stereocenters. The van der Waals surface area contributed by atoms with Gasteiger partial charge in [0.25, 0.3) is 5.91 Å². The van der Waals surface area contributed by atoms with Crippen molar-refractivity contribution in [3.05, 3.63) is 41.2 Å². The summed E-state index contributed by atoms with van der Waals surface area (Å²) in [4.78, 5) is 16.1. The first kappa shape index (κ1) is 14.6. The van der Waals surface area contributed by atoms with Crippen molar-refractivity contribution in [3.63, 3.8) is 0 Å². The third-order valence-electron chi connectivity index (χ3n) is 2.90. The van der Waals surface area contributed by atoms with Crippen LogP contribution in [-0.2, 0) is 0 Å². The monoisotopic (exact) mass is 293 g/mol. The van der Waals surface area contributed by atoms with Gasteiger partial charge in [-0.05, 0) is 26.1 Å².